The molecule has 1 fully saturated rings. The summed E-state index contributed by atoms with van der Waals surface area (Å²) in [4.78, 5) is 12.1. The number of hydrogen-bond acceptors (Lipinski definition) is 3. The Balaban J connectivity index is 0.00000242. The van der Waals surface area contributed by atoms with Crippen molar-refractivity contribution in [3.8, 4) is 0 Å². The zero-order chi connectivity index (χ0) is 15.2. The lowest BCUT2D eigenvalue weighted by Crippen LogP contribution is -2.39. The zero-order valence-electron chi connectivity index (χ0n) is 12.8. The molecule has 124 valence electrons. The summed E-state index contributed by atoms with van der Waals surface area (Å²) in [6, 6.07) is 6.31. The number of carbonyl (C=O) groups excluding carboxylic acids is 1. The van der Waals surface area contributed by atoms with E-state index >= 15 is 0 Å². The number of hydrogen-bond donors (Lipinski definition) is 2. The van der Waals surface area contributed by atoms with Gasteiger partial charge in [0.1, 0.15) is 5.82 Å². The summed E-state index contributed by atoms with van der Waals surface area (Å²) in [5, 5.41) is 3.06. The molecule has 1 aliphatic rings. The van der Waals surface area contributed by atoms with Crippen LogP contribution in [0.2, 0.25) is 0 Å². The van der Waals surface area contributed by atoms with Gasteiger partial charge in [0.05, 0.1) is 18.6 Å². The van der Waals surface area contributed by atoms with Crippen LogP contribution in [0.15, 0.2) is 24.3 Å². The SMILES string of the molecule is COC(CN)CC(=O)NC(c1ccc(F)cc1)C1CCC1.Cl. The second-order valence-corrected chi connectivity index (χ2v) is 5.59. The van der Waals surface area contributed by atoms with E-state index in [0.717, 1.165) is 18.4 Å². The number of halogens is 2. The summed E-state index contributed by atoms with van der Waals surface area (Å²) in [5.74, 6) is 0.0897. The van der Waals surface area contributed by atoms with E-state index in [9.17, 15) is 9.18 Å². The van der Waals surface area contributed by atoms with Gasteiger partial charge in [0, 0.05) is 13.7 Å². The van der Waals surface area contributed by atoms with Gasteiger partial charge in [0.2, 0.25) is 5.91 Å². The molecule has 6 heteroatoms. The molecule has 0 aromatic heterocycles. The average Bonchev–Trinajstić information content (AvgIpc) is 2.43. The minimum absolute atomic E-state index is 0. The summed E-state index contributed by atoms with van der Waals surface area (Å²) in [5.41, 5.74) is 6.50. The maximum atomic E-state index is 13.1. The Kier molecular flexibility index (Phi) is 7.79. The van der Waals surface area contributed by atoms with Crippen LogP contribution in [0, 0.1) is 11.7 Å². The molecule has 0 aliphatic heterocycles. The van der Waals surface area contributed by atoms with Crippen LogP contribution in [0.4, 0.5) is 4.39 Å². The number of nitrogens with one attached hydrogen (secondary N) is 1. The standard InChI is InChI=1S/C16H23FN2O2.ClH/c1-21-14(10-18)9-15(20)19-16(11-3-2-4-11)12-5-7-13(17)8-6-12;/h5-8,11,14,16H,2-4,9-10,18H2,1H3,(H,19,20);1H. The quantitative estimate of drug-likeness (QED) is 0.807. The van der Waals surface area contributed by atoms with Gasteiger partial charge < -0.3 is 15.8 Å². The first-order valence-electron chi connectivity index (χ1n) is 7.41. The molecule has 1 aromatic rings. The Labute approximate surface area is 137 Å². The third-order valence-corrected chi connectivity index (χ3v) is 4.18. The highest BCUT2D eigenvalue weighted by Crippen LogP contribution is 2.37. The van der Waals surface area contributed by atoms with E-state index in [0.29, 0.717) is 12.5 Å². The van der Waals surface area contributed by atoms with E-state index in [1.54, 1.807) is 19.2 Å². The molecule has 22 heavy (non-hydrogen) atoms. The molecule has 0 radical (unpaired) electrons. The maximum absolute atomic E-state index is 13.1. The molecule has 0 bridgehead atoms. The molecule has 0 spiro atoms. The van der Waals surface area contributed by atoms with Crippen LogP contribution in [0.3, 0.4) is 0 Å². The van der Waals surface area contributed by atoms with Crippen molar-refractivity contribution in [2.45, 2.75) is 37.8 Å². The van der Waals surface area contributed by atoms with Gasteiger partial charge in [-0.1, -0.05) is 18.6 Å². The molecule has 0 saturated heterocycles. The molecule has 2 unspecified atom stereocenters. The van der Waals surface area contributed by atoms with Crippen molar-refractivity contribution in [2.75, 3.05) is 13.7 Å². The lowest BCUT2D eigenvalue weighted by Gasteiger charge is -2.35. The van der Waals surface area contributed by atoms with Crippen molar-refractivity contribution in [2.24, 2.45) is 11.7 Å². The molecule has 1 saturated carbocycles. The predicted octanol–water partition coefficient (Wildman–Crippen LogP) is 2.57. The van der Waals surface area contributed by atoms with Gasteiger partial charge >= 0.3 is 0 Å². The van der Waals surface area contributed by atoms with Gasteiger partial charge in [-0.3, -0.25) is 4.79 Å². The molecule has 1 aromatic carbocycles. The third-order valence-electron chi connectivity index (χ3n) is 4.18. The Morgan fingerprint density at radius 1 is 1.41 bits per heavy atom. The number of carbonyl (C=O) groups is 1. The number of rotatable bonds is 7. The molecular formula is C16H24ClFN2O2. The van der Waals surface area contributed by atoms with E-state index in [4.69, 9.17) is 10.5 Å². The Morgan fingerprint density at radius 2 is 2.05 bits per heavy atom. The number of amides is 1. The highest BCUT2D eigenvalue weighted by molar-refractivity contribution is 5.85. The van der Waals surface area contributed by atoms with E-state index in [1.165, 1.54) is 18.6 Å². The normalized spacial score (nSPS) is 17.0. The monoisotopic (exact) mass is 330 g/mol. The van der Waals surface area contributed by atoms with Crippen LogP contribution in [-0.2, 0) is 9.53 Å². The molecule has 1 amide bonds. The molecule has 4 nitrogen and oxygen atoms in total. The smallest absolute Gasteiger partial charge is 0.223 e. The van der Waals surface area contributed by atoms with Crippen molar-refractivity contribution in [3.05, 3.63) is 35.6 Å². The van der Waals surface area contributed by atoms with Gasteiger partial charge in [-0.15, -0.1) is 12.4 Å². The number of ether oxygens (including phenoxy) is 1. The second-order valence-electron chi connectivity index (χ2n) is 5.59. The number of benzene rings is 1. The lowest BCUT2D eigenvalue weighted by atomic mass is 9.77. The second kappa shape index (κ2) is 9.08. The van der Waals surface area contributed by atoms with E-state index in [-0.39, 0.29) is 42.7 Å². The van der Waals surface area contributed by atoms with Crippen LogP contribution < -0.4 is 11.1 Å². The minimum Gasteiger partial charge on any atom is -0.380 e. The largest absolute Gasteiger partial charge is 0.380 e. The Hall–Kier alpha value is -1.17. The molecule has 1 aliphatic carbocycles. The van der Waals surface area contributed by atoms with Gasteiger partial charge in [0.15, 0.2) is 0 Å². The fourth-order valence-electron chi connectivity index (χ4n) is 2.62. The van der Waals surface area contributed by atoms with Crippen LogP contribution in [0.25, 0.3) is 0 Å². The molecule has 0 heterocycles. The van der Waals surface area contributed by atoms with Gasteiger partial charge in [0.25, 0.3) is 0 Å². The van der Waals surface area contributed by atoms with E-state index in [1.807, 2.05) is 0 Å². The zero-order valence-corrected chi connectivity index (χ0v) is 13.6. The van der Waals surface area contributed by atoms with Crippen LogP contribution in [0.5, 0.6) is 0 Å². The first kappa shape index (κ1) is 18.9. The van der Waals surface area contributed by atoms with Crippen molar-refractivity contribution < 1.29 is 13.9 Å². The first-order chi connectivity index (χ1) is 10.1. The van der Waals surface area contributed by atoms with Crippen LogP contribution >= 0.6 is 12.4 Å². The summed E-state index contributed by atoms with van der Waals surface area (Å²) in [6.07, 6.45) is 3.35. The molecule has 2 atom stereocenters. The van der Waals surface area contributed by atoms with Gasteiger partial charge in [-0.25, -0.2) is 4.39 Å². The molecule has 2 rings (SSSR count). The molecular weight excluding hydrogens is 307 g/mol. The number of methoxy groups -OCH3 is 1. The summed E-state index contributed by atoms with van der Waals surface area (Å²) >= 11 is 0. The van der Waals surface area contributed by atoms with E-state index in [2.05, 4.69) is 5.32 Å². The first-order valence-corrected chi connectivity index (χ1v) is 7.41. The highest BCUT2D eigenvalue weighted by Gasteiger charge is 2.30. The highest BCUT2D eigenvalue weighted by atomic mass is 35.5. The Morgan fingerprint density at radius 3 is 2.50 bits per heavy atom. The van der Waals surface area contributed by atoms with Crippen molar-refractivity contribution in [1.82, 2.24) is 5.32 Å². The van der Waals surface area contributed by atoms with Crippen molar-refractivity contribution in [1.29, 1.82) is 0 Å². The fourth-order valence-corrected chi connectivity index (χ4v) is 2.62. The van der Waals surface area contributed by atoms with Crippen LogP contribution in [-0.4, -0.2) is 25.7 Å². The summed E-state index contributed by atoms with van der Waals surface area (Å²) in [7, 11) is 1.55. The maximum Gasteiger partial charge on any atom is 0.223 e. The average molecular weight is 331 g/mol. The van der Waals surface area contributed by atoms with Gasteiger partial charge in [-0.2, -0.15) is 0 Å². The Bertz CT molecular complexity index is 462. The summed E-state index contributed by atoms with van der Waals surface area (Å²) in [6.45, 7) is 0.314. The summed E-state index contributed by atoms with van der Waals surface area (Å²) < 4.78 is 18.2. The van der Waals surface area contributed by atoms with Crippen molar-refractivity contribution in [3.63, 3.8) is 0 Å². The lowest BCUT2D eigenvalue weighted by molar-refractivity contribution is -0.124. The molecule has 3 N–H and O–H groups in total. The topological polar surface area (TPSA) is 64.3 Å². The van der Waals surface area contributed by atoms with Crippen LogP contribution in [0.1, 0.15) is 37.3 Å². The van der Waals surface area contributed by atoms with Crippen molar-refractivity contribution >= 4 is 18.3 Å². The number of nitrogens with two attached hydrogens (primary N) is 1. The van der Waals surface area contributed by atoms with E-state index < -0.39 is 0 Å². The minimum atomic E-state index is -0.264. The predicted molar refractivity (Wildman–Crippen MR) is 86.3 cm³/mol. The van der Waals surface area contributed by atoms with Gasteiger partial charge in [-0.05, 0) is 36.5 Å². The fraction of sp³-hybridized carbons (Fsp3) is 0.562. The third kappa shape index (κ3) is 4.93.